The number of ether oxygens (including phenoxy) is 3. The predicted molar refractivity (Wildman–Crippen MR) is 94.7 cm³/mol. The third-order valence-corrected chi connectivity index (χ3v) is 3.85. The molecule has 0 unspecified atom stereocenters. The Hall–Kier alpha value is -2.94. The average Bonchev–Trinajstić information content (AvgIpc) is 2.65. The largest absolute Gasteiger partial charge is 0.496 e. The molecule has 0 saturated heterocycles. The van der Waals surface area contributed by atoms with Gasteiger partial charge in [-0.3, -0.25) is 10.1 Å². The lowest BCUT2D eigenvalue weighted by Gasteiger charge is -2.13. The van der Waals surface area contributed by atoms with Crippen LogP contribution in [0.1, 0.15) is 11.1 Å². The van der Waals surface area contributed by atoms with Crippen molar-refractivity contribution < 1.29 is 27.9 Å². The van der Waals surface area contributed by atoms with Crippen LogP contribution in [0.2, 0.25) is 0 Å². The summed E-state index contributed by atoms with van der Waals surface area (Å²) in [6, 6.07) is 9.41. The Morgan fingerprint density at radius 2 is 1.78 bits per heavy atom. The third kappa shape index (κ3) is 5.52. The van der Waals surface area contributed by atoms with Crippen LogP contribution in [0, 0.1) is 10.1 Å². The van der Waals surface area contributed by atoms with Crippen LogP contribution >= 0.6 is 0 Å². The van der Waals surface area contributed by atoms with E-state index < -0.39 is 11.5 Å². The van der Waals surface area contributed by atoms with Gasteiger partial charge in [0, 0.05) is 12.1 Å². The molecule has 2 rings (SSSR count). The number of hydrogen-bond donors (Lipinski definition) is 1. The van der Waals surface area contributed by atoms with E-state index in [2.05, 4.69) is 10.1 Å². The number of methoxy groups -OCH3 is 2. The maximum Gasteiger partial charge on any atom is 0.387 e. The van der Waals surface area contributed by atoms with Gasteiger partial charge in [0.2, 0.25) is 0 Å². The van der Waals surface area contributed by atoms with Crippen LogP contribution in [0.3, 0.4) is 0 Å². The minimum absolute atomic E-state index is 0.120. The summed E-state index contributed by atoms with van der Waals surface area (Å²) >= 11 is 0. The number of nitro benzene ring substituents is 1. The number of halogens is 2. The number of hydrogen-bond acceptors (Lipinski definition) is 6. The predicted octanol–water partition coefficient (Wildman–Crippen LogP) is 3.55. The Morgan fingerprint density at radius 3 is 2.41 bits per heavy atom. The lowest BCUT2D eigenvalue weighted by atomic mass is 10.1. The van der Waals surface area contributed by atoms with Gasteiger partial charge in [-0.05, 0) is 30.7 Å². The Bertz CT molecular complexity index is 786. The van der Waals surface area contributed by atoms with E-state index in [1.54, 1.807) is 24.3 Å². The molecule has 2 aromatic carbocycles. The average molecular weight is 382 g/mol. The van der Waals surface area contributed by atoms with Crippen molar-refractivity contribution in [2.45, 2.75) is 19.6 Å². The molecule has 7 nitrogen and oxygen atoms in total. The fourth-order valence-electron chi connectivity index (χ4n) is 2.59. The maximum atomic E-state index is 12.4. The number of nitrogens with one attached hydrogen (secondary N) is 1. The lowest BCUT2D eigenvalue weighted by Crippen LogP contribution is -2.18. The summed E-state index contributed by atoms with van der Waals surface area (Å²) in [6.45, 7) is -2.07. The molecule has 146 valence electrons. The smallest absolute Gasteiger partial charge is 0.387 e. The van der Waals surface area contributed by atoms with Gasteiger partial charge >= 0.3 is 12.3 Å². The summed E-state index contributed by atoms with van der Waals surface area (Å²) in [5.74, 6) is 0.645. The van der Waals surface area contributed by atoms with Crippen LogP contribution in [-0.4, -0.2) is 32.3 Å². The van der Waals surface area contributed by atoms with Gasteiger partial charge in [0.1, 0.15) is 11.5 Å². The Morgan fingerprint density at radius 1 is 1.07 bits per heavy atom. The van der Waals surface area contributed by atoms with E-state index in [-0.39, 0.29) is 17.2 Å². The van der Waals surface area contributed by atoms with Crippen molar-refractivity contribution in [1.29, 1.82) is 0 Å². The first kappa shape index (κ1) is 20.4. The zero-order chi connectivity index (χ0) is 19.8. The molecule has 0 saturated carbocycles. The maximum absolute atomic E-state index is 12.4. The van der Waals surface area contributed by atoms with E-state index in [1.807, 2.05) is 0 Å². The highest BCUT2D eigenvalue weighted by Gasteiger charge is 2.19. The molecule has 0 aromatic heterocycles. The summed E-state index contributed by atoms with van der Waals surface area (Å²) in [4.78, 5) is 10.5. The van der Waals surface area contributed by atoms with Gasteiger partial charge in [0.05, 0.1) is 25.2 Å². The number of nitro groups is 1. The number of benzene rings is 2. The van der Waals surface area contributed by atoms with Crippen molar-refractivity contribution in [2.75, 3.05) is 20.8 Å². The molecule has 2 aromatic rings. The van der Waals surface area contributed by atoms with Crippen molar-refractivity contribution in [1.82, 2.24) is 5.32 Å². The second kappa shape index (κ2) is 9.67. The molecule has 0 aliphatic rings. The number of nitrogens with zero attached hydrogens (tertiary/aromatic N) is 1. The molecule has 0 spiro atoms. The van der Waals surface area contributed by atoms with E-state index in [4.69, 9.17) is 9.47 Å². The highest BCUT2D eigenvalue weighted by molar-refractivity contribution is 5.55. The molecular formula is C18H20F2N2O5. The van der Waals surface area contributed by atoms with Crippen molar-refractivity contribution in [2.24, 2.45) is 0 Å². The summed E-state index contributed by atoms with van der Waals surface area (Å²) in [7, 11) is 2.79. The molecule has 1 N–H and O–H groups in total. The van der Waals surface area contributed by atoms with Gasteiger partial charge in [0.25, 0.3) is 0 Å². The molecule has 0 aliphatic carbocycles. The van der Waals surface area contributed by atoms with Crippen molar-refractivity contribution in [3.8, 4) is 17.2 Å². The number of rotatable bonds is 10. The van der Waals surface area contributed by atoms with Gasteiger partial charge in [-0.25, -0.2) is 0 Å². The van der Waals surface area contributed by atoms with Gasteiger partial charge < -0.3 is 19.5 Å². The van der Waals surface area contributed by atoms with E-state index in [0.717, 1.165) is 5.56 Å². The van der Waals surface area contributed by atoms with Gasteiger partial charge in [-0.1, -0.05) is 18.2 Å². The minimum Gasteiger partial charge on any atom is -0.496 e. The van der Waals surface area contributed by atoms with Gasteiger partial charge in [-0.15, -0.1) is 0 Å². The second-order valence-corrected chi connectivity index (χ2v) is 5.51. The molecule has 0 radical (unpaired) electrons. The molecule has 0 bridgehead atoms. The lowest BCUT2D eigenvalue weighted by molar-refractivity contribution is -0.385. The fourth-order valence-corrected chi connectivity index (χ4v) is 2.59. The topological polar surface area (TPSA) is 82.9 Å². The fraction of sp³-hybridized carbons (Fsp3) is 0.333. The summed E-state index contributed by atoms with van der Waals surface area (Å²) < 4.78 is 39.7. The van der Waals surface area contributed by atoms with Crippen LogP contribution in [0.25, 0.3) is 0 Å². The van der Waals surface area contributed by atoms with Crippen LogP contribution in [0.4, 0.5) is 14.5 Å². The first-order chi connectivity index (χ1) is 13.0. The molecule has 0 fully saturated rings. The summed E-state index contributed by atoms with van der Waals surface area (Å²) in [5, 5.41) is 14.2. The Balaban J connectivity index is 2.02. The number of para-hydroxylation sites is 1. The standard InChI is InChI=1S/C18H20F2N2O5/c1-25-16-10-14(22(23)24)17(26-2)9-12(16)7-8-21-11-13-5-3-4-6-15(13)27-18(19)20/h3-6,9-10,18,21H,7-8,11H2,1-2H3. The van der Waals surface area contributed by atoms with E-state index in [9.17, 15) is 18.9 Å². The summed E-state index contributed by atoms with van der Waals surface area (Å²) in [6.07, 6.45) is 0.495. The molecule has 0 heterocycles. The Labute approximate surface area is 155 Å². The first-order valence-electron chi connectivity index (χ1n) is 8.09. The van der Waals surface area contributed by atoms with Gasteiger partial charge in [0.15, 0.2) is 5.75 Å². The zero-order valence-electron chi connectivity index (χ0n) is 14.9. The van der Waals surface area contributed by atoms with E-state index >= 15 is 0 Å². The highest BCUT2D eigenvalue weighted by Crippen LogP contribution is 2.34. The monoisotopic (exact) mass is 382 g/mol. The van der Waals surface area contributed by atoms with Crippen LogP contribution in [0.5, 0.6) is 17.2 Å². The molecule has 27 heavy (non-hydrogen) atoms. The van der Waals surface area contributed by atoms with E-state index in [0.29, 0.717) is 30.8 Å². The SMILES string of the molecule is COc1cc([N+](=O)[O-])c(OC)cc1CCNCc1ccccc1OC(F)F. The summed E-state index contributed by atoms with van der Waals surface area (Å²) in [5.41, 5.74) is 1.15. The van der Waals surface area contributed by atoms with Crippen LogP contribution in [-0.2, 0) is 13.0 Å². The highest BCUT2D eigenvalue weighted by atomic mass is 19.3. The Kier molecular flexibility index (Phi) is 7.30. The van der Waals surface area contributed by atoms with Gasteiger partial charge in [-0.2, -0.15) is 8.78 Å². The first-order valence-corrected chi connectivity index (χ1v) is 8.09. The van der Waals surface area contributed by atoms with Crippen molar-refractivity contribution >= 4 is 5.69 Å². The molecule has 0 amide bonds. The molecule has 9 heteroatoms. The minimum atomic E-state index is -2.89. The number of alkyl halides is 2. The zero-order valence-corrected chi connectivity index (χ0v) is 14.9. The van der Waals surface area contributed by atoms with Crippen LogP contribution < -0.4 is 19.5 Å². The van der Waals surface area contributed by atoms with Crippen molar-refractivity contribution in [3.63, 3.8) is 0 Å². The van der Waals surface area contributed by atoms with E-state index in [1.165, 1.54) is 26.4 Å². The quantitative estimate of drug-likeness (QED) is 0.384. The molecule has 0 atom stereocenters. The third-order valence-electron chi connectivity index (χ3n) is 3.85. The molecule has 0 aliphatic heterocycles. The van der Waals surface area contributed by atoms with Crippen molar-refractivity contribution in [3.05, 3.63) is 57.6 Å². The molecular weight excluding hydrogens is 362 g/mol. The second-order valence-electron chi connectivity index (χ2n) is 5.51. The van der Waals surface area contributed by atoms with Crippen LogP contribution in [0.15, 0.2) is 36.4 Å². The normalized spacial score (nSPS) is 10.7.